The molecule has 2 aromatic carbocycles. The number of nitrogens with zero attached hydrogens (tertiary/aromatic N) is 4. The fourth-order valence-corrected chi connectivity index (χ4v) is 3.61. The van der Waals surface area contributed by atoms with Crippen LogP contribution in [0.2, 0.25) is 0 Å². The summed E-state index contributed by atoms with van der Waals surface area (Å²) in [5, 5.41) is 12.0. The molecule has 0 radical (unpaired) electrons. The van der Waals surface area contributed by atoms with Gasteiger partial charge in [0.05, 0.1) is 12.3 Å². The van der Waals surface area contributed by atoms with E-state index in [1.807, 2.05) is 42.5 Å². The largest absolute Gasteiger partial charge is 0.465 e. The maximum Gasteiger partial charge on any atom is 0.324 e. The van der Waals surface area contributed by atoms with Gasteiger partial charge in [-0.05, 0) is 46.5 Å². The molecule has 0 saturated carbocycles. The molecule has 27 heavy (non-hydrogen) atoms. The van der Waals surface area contributed by atoms with Gasteiger partial charge >= 0.3 is 5.97 Å². The van der Waals surface area contributed by atoms with Gasteiger partial charge in [-0.15, -0.1) is 5.10 Å². The number of carbonyl (C=O) groups is 1. The van der Waals surface area contributed by atoms with Crippen LogP contribution in [0.5, 0.6) is 0 Å². The van der Waals surface area contributed by atoms with E-state index in [0.29, 0.717) is 17.7 Å². The van der Waals surface area contributed by atoms with Crippen molar-refractivity contribution in [2.75, 3.05) is 6.61 Å². The minimum absolute atomic E-state index is 0.307. The zero-order valence-electron chi connectivity index (χ0n) is 15.6. The van der Waals surface area contributed by atoms with E-state index in [2.05, 4.69) is 41.5 Å². The molecule has 0 spiro atoms. The highest BCUT2D eigenvalue weighted by Crippen LogP contribution is 2.35. The second-order valence-electron chi connectivity index (χ2n) is 6.28. The number of tetrazole rings is 1. The Bertz CT molecular complexity index is 879. The highest BCUT2D eigenvalue weighted by atomic mass is 32.2. The fourth-order valence-electron chi connectivity index (χ4n) is 2.62. The summed E-state index contributed by atoms with van der Waals surface area (Å²) in [6.07, 6.45) is 0. The van der Waals surface area contributed by atoms with Crippen LogP contribution < -0.4 is 0 Å². The third-order valence-corrected chi connectivity index (χ3v) is 5.24. The van der Waals surface area contributed by atoms with Gasteiger partial charge < -0.3 is 4.74 Å². The molecule has 0 fully saturated rings. The first-order valence-corrected chi connectivity index (χ1v) is 9.75. The van der Waals surface area contributed by atoms with Crippen molar-refractivity contribution in [2.45, 2.75) is 37.1 Å². The summed E-state index contributed by atoms with van der Waals surface area (Å²) in [4.78, 5) is 12.5. The Kier molecular flexibility index (Phi) is 6.24. The molecule has 6 nitrogen and oxygen atoms in total. The maximum atomic E-state index is 12.5. The second kappa shape index (κ2) is 8.81. The van der Waals surface area contributed by atoms with Crippen molar-refractivity contribution in [3.8, 4) is 5.69 Å². The molecule has 0 aliphatic rings. The van der Waals surface area contributed by atoms with Gasteiger partial charge in [0.25, 0.3) is 0 Å². The second-order valence-corrected chi connectivity index (χ2v) is 7.35. The molecule has 3 rings (SSSR count). The minimum Gasteiger partial charge on any atom is -0.465 e. The number of carbonyl (C=O) groups excluding carboxylic acids is 1. The molecule has 1 heterocycles. The maximum absolute atomic E-state index is 12.5. The third-order valence-electron chi connectivity index (χ3n) is 4.07. The molecule has 1 atom stereocenters. The Morgan fingerprint density at radius 2 is 1.78 bits per heavy atom. The van der Waals surface area contributed by atoms with Crippen LogP contribution in [-0.4, -0.2) is 32.8 Å². The van der Waals surface area contributed by atoms with Gasteiger partial charge in [-0.25, -0.2) is 0 Å². The van der Waals surface area contributed by atoms with Gasteiger partial charge in [0, 0.05) is 0 Å². The van der Waals surface area contributed by atoms with Crippen molar-refractivity contribution >= 4 is 17.7 Å². The lowest BCUT2D eigenvalue weighted by Gasteiger charge is -2.15. The number of hydrogen-bond acceptors (Lipinski definition) is 6. The van der Waals surface area contributed by atoms with Crippen molar-refractivity contribution < 1.29 is 9.53 Å². The molecule has 140 valence electrons. The number of ether oxygens (including phenoxy) is 1. The van der Waals surface area contributed by atoms with Crippen molar-refractivity contribution in [1.29, 1.82) is 0 Å². The molecule has 0 N–H and O–H groups in total. The Balaban J connectivity index is 1.89. The lowest BCUT2D eigenvalue weighted by atomic mass is 10.0. The van der Waals surface area contributed by atoms with E-state index in [1.165, 1.54) is 17.3 Å². The molecule has 1 aromatic heterocycles. The number of aromatic nitrogens is 4. The van der Waals surface area contributed by atoms with Gasteiger partial charge in [0.2, 0.25) is 5.16 Å². The number of hydrogen-bond donors (Lipinski definition) is 0. The quantitative estimate of drug-likeness (QED) is 0.451. The highest BCUT2D eigenvalue weighted by molar-refractivity contribution is 8.00. The summed E-state index contributed by atoms with van der Waals surface area (Å²) in [6, 6.07) is 17.6. The van der Waals surface area contributed by atoms with Crippen LogP contribution in [0.1, 0.15) is 43.1 Å². The number of thioether (sulfide) groups is 1. The first-order chi connectivity index (χ1) is 13.1. The average Bonchev–Trinajstić information content (AvgIpc) is 3.15. The lowest BCUT2D eigenvalue weighted by molar-refractivity contribution is -0.142. The summed E-state index contributed by atoms with van der Waals surface area (Å²) in [5.41, 5.74) is 2.95. The van der Waals surface area contributed by atoms with Gasteiger partial charge in [0.15, 0.2) is 0 Å². The Morgan fingerprint density at radius 3 is 2.41 bits per heavy atom. The van der Waals surface area contributed by atoms with Crippen LogP contribution in [0.4, 0.5) is 0 Å². The van der Waals surface area contributed by atoms with E-state index >= 15 is 0 Å². The van der Waals surface area contributed by atoms with Crippen molar-refractivity contribution in [1.82, 2.24) is 20.2 Å². The van der Waals surface area contributed by atoms with E-state index in [9.17, 15) is 4.79 Å². The SMILES string of the molecule is CCOC(=O)[C@H](Sc1nnnn1-c1ccc(C(C)C)cc1)c1ccccc1. The normalized spacial score (nSPS) is 12.1. The summed E-state index contributed by atoms with van der Waals surface area (Å²) in [5.74, 6) is 0.145. The molecule has 0 saturated heterocycles. The van der Waals surface area contributed by atoms with Crippen LogP contribution in [-0.2, 0) is 9.53 Å². The predicted molar refractivity (Wildman–Crippen MR) is 105 cm³/mol. The fraction of sp³-hybridized carbons (Fsp3) is 0.300. The molecule has 0 aliphatic carbocycles. The van der Waals surface area contributed by atoms with Gasteiger partial charge in [-0.3, -0.25) is 4.79 Å². The Hall–Kier alpha value is -2.67. The zero-order chi connectivity index (χ0) is 19.2. The summed E-state index contributed by atoms with van der Waals surface area (Å²) < 4.78 is 6.90. The summed E-state index contributed by atoms with van der Waals surface area (Å²) in [7, 11) is 0. The number of rotatable bonds is 7. The lowest BCUT2D eigenvalue weighted by Crippen LogP contribution is -2.14. The molecule has 0 aliphatic heterocycles. The standard InChI is InChI=1S/C20H22N4O2S/c1-4-26-19(25)18(16-8-6-5-7-9-16)27-20-21-22-23-24(20)17-12-10-15(11-13-17)14(2)3/h5-14,18H,4H2,1-3H3/t18-/m1/s1. The van der Waals surface area contributed by atoms with E-state index in [1.54, 1.807) is 11.6 Å². The minimum atomic E-state index is -0.536. The Labute approximate surface area is 162 Å². The monoisotopic (exact) mass is 382 g/mol. The molecule has 3 aromatic rings. The average molecular weight is 382 g/mol. The van der Waals surface area contributed by atoms with E-state index in [0.717, 1.165) is 11.3 Å². The number of esters is 1. The van der Waals surface area contributed by atoms with Gasteiger partial charge in [0.1, 0.15) is 5.25 Å². The van der Waals surface area contributed by atoms with Crippen LogP contribution in [0, 0.1) is 0 Å². The molecule has 0 amide bonds. The van der Waals surface area contributed by atoms with Gasteiger partial charge in [-0.1, -0.05) is 68.1 Å². The Morgan fingerprint density at radius 1 is 1.07 bits per heavy atom. The topological polar surface area (TPSA) is 69.9 Å². The van der Waals surface area contributed by atoms with Crippen molar-refractivity contribution in [2.24, 2.45) is 0 Å². The molecular formula is C20H22N4O2S. The summed E-state index contributed by atoms with van der Waals surface area (Å²) in [6.45, 7) is 6.42. The first kappa shape index (κ1) is 19.1. The smallest absolute Gasteiger partial charge is 0.324 e. The summed E-state index contributed by atoms with van der Waals surface area (Å²) >= 11 is 1.28. The van der Waals surface area contributed by atoms with Crippen LogP contribution in [0.3, 0.4) is 0 Å². The van der Waals surface area contributed by atoms with E-state index < -0.39 is 5.25 Å². The van der Waals surface area contributed by atoms with Gasteiger partial charge in [-0.2, -0.15) is 4.68 Å². The van der Waals surface area contributed by atoms with E-state index in [-0.39, 0.29) is 5.97 Å². The van der Waals surface area contributed by atoms with Crippen molar-refractivity contribution in [3.05, 3.63) is 65.7 Å². The zero-order valence-corrected chi connectivity index (χ0v) is 16.4. The molecule has 7 heteroatoms. The highest BCUT2D eigenvalue weighted by Gasteiger charge is 2.26. The van der Waals surface area contributed by atoms with Crippen LogP contribution in [0.15, 0.2) is 59.8 Å². The third kappa shape index (κ3) is 4.54. The van der Waals surface area contributed by atoms with Crippen LogP contribution >= 0.6 is 11.8 Å². The van der Waals surface area contributed by atoms with Crippen LogP contribution in [0.25, 0.3) is 5.69 Å². The van der Waals surface area contributed by atoms with Crippen molar-refractivity contribution in [3.63, 3.8) is 0 Å². The molecule has 0 unspecified atom stereocenters. The first-order valence-electron chi connectivity index (χ1n) is 8.87. The number of benzene rings is 2. The predicted octanol–water partition coefficient (Wildman–Crippen LogP) is 4.18. The molecule has 0 bridgehead atoms. The molecular weight excluding hydrogens is 360 g/mol. The van der Waals surface area contributed by atoms with E-state index in [4.69, 9.17) is 4.74 Å².